The van der Waals surface area contributed by atoms with Crippen molar-refractivity contribution in [2.45, 2.75) is 57.4 Å². The highest BCUT2D eigenvalue weighted by Gasteiger charge is 2.40. The molecule has 2 atom stereocenters. The molecule has 0 spiro atoms. The maximum absolute atomic E-state index is 12.7. The molecule has 0 unspecified atom stereocenters. The Kier molecular flexibility index (Phi) is 5.13. The molecule has 1 aliphatic heterocycles. The van der Waals surface area contributed by atoms with Crippen LogP contribution in [0.4, 0.5) is 0 Å². The van der Waals surface area contributed by atoms with E-state index >= 15 is 0 Å². The van der Waals surface area contributed by atoms with Crippen molar-refractivity contribution >= 4 is 17.2 Å². The SMILES string of the molecule is CCCCCc1cc2c(s1)C(=O)N[C@H]1CCc3cc(OC)c(OC)cc3[C@H]21. The third-order valence-electron chi connectivity index (χ3n) is 5.80. The fourth-order valence-electron chi connectivity index (χ4n) is 4.45. The van der Waals surface area contributed by atoms with E-state index in [0.29, 0.717) is 0 Å². The minimum absolute atomic E-state index is 0.0990. The molecule has 1 aliphatic carbocycles. The summed E-state index contributed by atoms with van der Waals surface area (Å²) in [6.45, 7) is 2.22. The van der Waals surface area contributed by atoms with Gasteiger partial charge in [-0.1, -0.05) is 19.8 Å². The lowest BCUT2D eigenvalue weighted by Gasteiger charge is -2.38. The second-order valence-electron chi connectivity index (χ2n) is 7.46. The molecule has 2 aromatic rings. The van der Waals surface area contributed by atoms with Crippen LogP contribution in [-0.2, 0) is 12.8 Å². The summed E-state index contributed by atoms with van der Waals surface area (Å²) in [7, 11) is 3.35. The average molecular weight is 386 g/mol. The number of carbonyl (C=O) groups is 1. The molecular formula is C22H27NO3S. The molecule has 1 aromatic carbocycles. The molecule has 0 radical (unpaired) electrons. The van der Waals surface area contributed by atoms with Gasteiger partial charge in [-0.25, -0.2) is 0 Å². The fraction of sp³-hybridized carbons (Fsp3) is 0.500. The Labute approximate surface area is 164 Å². The third-order valence-corrected chi connectivity index (χ3v) is 7.01. The Morgan fingerprint density at radius 3 is 2.63 bits per heavy atom. The summed E-state index contributed by atoms with van der Waals surface area (Å²) in [4.78, 5) is 14.9. The Hall–Kier alpha value is -2.01. The van der Waals surface area contributed by atoms with Gasteiger partial charge in [0.25, 0.3) is 5.91 Å². The highest BCUT2D eigenvalue weighted by atomic mass is 32.1. The molecule has 4 nitrogen and oxygen atoms in total. The van der Waals surface area contributed by atoms with Gasteiger partial charge in [-0.05, 0) is 60.6 Å². The van der Waals surface area contributed by atoms with E-state index in [4.69, 9.17) is 9.47 Å². The molecular weight excluding hydrogens is 358 g/mol. The van der Waals surface area contributed by atoms with Crippen LogP contribution in [0, 0.1) is 0 Å². The van der Waals surface area contributed by atoms with Gasteiger partial charge < -0.3 is 14.8 Å². The minimum atomic E-state index is 0.0990. The maximum Gasteiger partial charge on any atom is 0.261 e. The van der Waals surface area contributed by atoms with Crippen molar-refractivity contribution in [3.05, 3.63) is 44.6 Å². The van der Waals surface area contributed by atoms with Gasteiger partial charge in [0.15, 0.2) is 11.5 Å². The molecule has 0 saturated heterocycles. The molecule has 27 heavy (non-hydrogen) atoms. The number of benzene rings is 1. The highest BCUT2D eigenvalue weighted by molar-refractivity contribution is 7.14. The number of ether oxygens (including phenoxy) is 2. The molecule has 2 heterocycles. The van der Waals surface area contributed by atoms with E-state index in [1.165, 1.54) is 40.8 Å². The van der Waals surface area contributed by atoms with Crippen molar-refractivity contribution in [3.63, 3.8) is 0 Å². The van der Waals surface area contributed by atoms with Crippen molar-refractivity contribution in [1.82, 2.24) is 5.32 Å². The highest BCUT2D eigenvalue weighted by Crippen LogP contribution is 2.46. The second kappa shape index (κ2) is 7.55. The lowest BCUT2D eigenvalue weighted by atomic mass is 9.73. The Morgan fingerprint density at radius 2 is 1.89 bits per heavy atom. The van der Waals surface area contributed by atoms with Gasteiger partial charge in [0.05, 0.1) is 19.1 Å². The number of fused-ring (bicyclic) bond motifs is 5. The smallest absolute Gasteiger partial charge is 0.261 e. The first-order valence-corrected chi connectivity index (χ1v) is 10.7. The molecule has 5 heteroatoms. The molecule has 0 bridgehead atoms. The Morgan fingerprint density at radius 1 is 1.11 bits per heavy atom. The number of methoxy groups -OCH3 is 2. The van der Waals surface area contributed by atoms with E-state index in [0.717, 1.165) is 35.6 Å². The van der Waals surface area contributed by atoms with Crippen molar-refractivity contribution in [2.75, 3.05) is 14.2 Å². The first kappa shape index (κ1) is 18.4. The largest absolute Gasteiger partial charge is 0.493 e. The second-order valence-corrected chi connectivity index (χ2v) is 8.59. The monoisotopic (exact) mass is 385 g/mol. The molecule has 144 valence electrons. The number of amides is 1. The molecule has 0 saturated carbocycles. The first-order valence-electron chi connectivity index (χ1n) is 9.84. The summed E-state index contributed by atoms with van der Waals surface area (Å²) < 4.78 is 11.0. The number of thiophene rings is 1. The first-order chi connectivity index (χ1) is 13.2. The summed E-state index contributed by atoms with van der Waals surface area (Å²) in [5, 5.41) is 3.26. The van der Waals surface area contributed by atoms with Crippen LogP contribution in [0.5, 0.6) is 11.5 Å². The summed E-state index contributed by atoms with van der Waals surface area (Å²) in [6.07, 6.45) is 6.60. The fourth-order valence-corrected chi connectivity index (χ4v) is 5.60. The van der Waals surface area contributed by atoms with Gasteiger partial charge in [0.2, 0.25) is 0 Å². The summed E-state index contributed by atoms with van der Waals surface area (Å²) in [5.74, 6) is 1.84. The van der Waals surface area contributed by atoms with Crippen LogP contribution in [0.1, 0.15) is 69.8 Å². The van der Waals surface area contributed by atoms with Gasteiger partial charge in [0, 0.05) is 16.8 Å². The number of hydrogen-bond acceptors (Lipinski definition) is 4. The predicted molar refractivity (Wildman–Crippen MR) is 109 cm³/mol. The molecule has 1 amide bonds. The summed E-state index contributed by atoms with van der Waals surface area (Å²) in [5.41, 5.74) is 3.77. The number of nitrogens with one attached hydrogen (secondary N) is 1. The normalized spacial score (nSPS) is 20.3. The van der Waals surface area contributed by atoms with Crippen LogP contribution in [0.25, 0.3) is 0 Å². The Balaban J connectivity index is 1.76. The Bertz CT molecular complexity index is 857. The van der Waals surface area contributed by atoms with Gasteiger partial charge >= 0.3 is 0 Å². The zero-order valence-electron chi connectivity index (χ0n) is 16.3. The van der Waals surface area contributed by atoms with Crippen LogP contribution in [0.3, 0.4) is 0 Å². The van der Waals surface area contributed by atoms with E-state index in [1.54, 1.807) is 25.6 Å². The van der Waals surface area contributed by atoms with E-state index < -0.39 is 0 Å². The van der Waals surface area contributed by atoms with Crippen LogP contribution < -0.4 is 14.8 Å². The minimum Gasteiger partial charge on any atom is -0.493 e. The predicted octanol–water partition coefficient (Wildman–Crippen LogP) is 4.69. The maximum atomic E-state index is 12.7. The molecule has 4 rings (SSSR count). The zero-order chi connectivity index (χ0) is 19.0. The standard InChI is InChI=1S/C22H27NO3S/c1-4-5-6-7-14-11-16-20-15-12-19(26-3)18(25-2)10-13(15)8-9-17(20)23-22(24)21(16)27-14/h10-12,17,20H,4-9H2,1-3H3,(H,23,24)/t17-,20+/m0/s1. The van der Waals surface area contributed by atoms with Gasteiger partial charge in [-0.2, -0.15) is 0 Å². The molecule has 0 fully saturated rings. The molecule has 1 aromatic heterocycles. The number of unbranched alkanes of at least 4 members (excludes halogenated alkanes) is 2. The number of aryl methyl sites for hydroxylation is 2. The van der Waals surface area contributed by atoms with Gasteiger partial charge in [0.1, 0.15) is 0 Å². The van der Waals surface area contributed by atoms with Crippen LogP contribution in [-0.4, -0.2) is 26.2 Å². The van der Waals surface area contributed by atoms with E-state index in [-0.39, 0.29) is 17.9 Å². The number of carbonyl (C=O) groups excluding carboxylic acids is 1. The summed E-state index contributed by atoms with van der Waals surface area (Å²) in [6, 6.07) is 6.67. The number of hydrogen-bond donors (Lipinski definition) is 1. The lowest BCUT2D eigenvalue weighted by Crippen LogP contribution is -2.46. The third kappa shape index (κ3) is 3.22. The van der Waals surface area contributed by atoms with Gasteiger partial charge in [-0.3, -0.25) is 4.79 Å². The quantitative estimate of drug-likeness (QED) is 0.734. The van der Waals surface area contributed by atoms with Gasteiger partial charge in [-0.15, -0.1) is 11.3 Å². The van der Waals surface area contributed by atoms with Crippen molar-refractivity contribution < 1.29 is 14.3 Å². The summed E-state index contributed by atoms with van der Waals surface area (Å²) >= 11 is 1.67. The molecule has 1 N–H and O–H groups in total. The van der Waals surface area contributed by atoms with Crippen LogP contribution in [0.15, 0.2) is 18.2 Å². The number of rotatable bonds is 6. The van der Waals surface area contributed by atoms with Crippen molar-refractivity contribution in [2.24, 2.45) is 0 Å². The van der Waals surface area contributed by atoms with E-state index in [9.17, 15) is 4.79 Å². The topological polar surface area (TPSA) is 47.6 Å². The van der Waals surface area contributed by atoms with Crippen molar-refractivity contribution in [3.8, 4) is 11.5 Å². The van der Waals surface area contributed by atoms with Crippen LogP contribution >= 0.6 is 11.3 Å². The van der Waals surface area contributed by atoms with E-state index in [1.807, 2.05) is 0 Å². The van der Waals surface area contributed by atoms with Crippen LogP contribution in [0.2, 0.25) is 0 Å². The zero-order valence-corrected chi connectivity index (χ0v) is 17.1. The van der Waals surface area contributed by atoms with E-state index in [2.05, 4.69) is 30.4 Å². The van der Waals surface area contributed by atoms with Crippen molar-refractivity contribution in [1.29, 1.82) is 0 Å². The average Bonchev–Trinajstić information content (AvgIpc) is 3.11. The molecule has 2 aliphatic rings. The lowest BCUT2D eigenvalue weighted by molar-refractivity contribution is 0.0919.